The molecule has 1 aromatic rings. The predicted octanol–water partition coefficient (Wildman–Crippen LogP) is -0.988. The largest absolute Gasteiger partial charge is 0.393 e. The Bertz CT molecular complexity index is 363. The number of carbonyl (C=O) groups excluding carboxylic acids is 1. The molecule has 7 heteroatoms. The van der Waals surface area contributed by atoms with Crippen LogP contribution >= 0.6 is 0 Å². The van der Waals surface area contributed by atoms with Crippen LogP contribution in [0.15, 0.2) is 6.20 Å². The number of nitrogens with two attached hydrogens (primary N) is 1. The summed E-state index contributed by atoms with van der Waals surface area (Å²) in [5, 5.41) is 19.5. The Hall–Kier alpha value is -1.47. The van der Waals surface area contributed by atoms with E-state index in [4.69, 9.17) is 10.8 Å². The van der Waals surface area contributed by atoms with Crippen molar-refractivity contribution in [1.82, 2.24) is 20.3 Å². The van der Waals surface area contributed by atoms with Gasteiger partial charge in [0.15, 0.2) is 0 Å². The quantitative estimate of drug-likeness (QED) is 0.593. The van der Waals surface area contributed by atoms with E-state index in [2.05, 4.69) is 15.6 Å². The molecule has 0 aliphatic rings. The van der Waals surface area contributed by atoms with Crippen LogP contribution in [0.3, 0.4) is 0 Å². The summed E-state index contributed by atoms with van der Waals surface area (Å²) >= 11 is 0. The molecule has 1 rings (SSSR count). The van der Waals surface area contributed by atoms with Gasteiger partial charge in [0, 0.05) is 12.6 Å². The van der Waals surface area contributed by atoms with Crippen molar-refractivity contribution >= 4 is 5.91 Å². The van der Waals surface area contributed by atoms with Crippen LogP contribution in [0.25, 0.3) is 0 Å². The van der Waals surface area contributed by atoms with E-state index >= 15 is 0 Å². The van der Waals surface area contributed by atoms with Crippen molar-refractivity contribution in [3.63, 3.8) is 0 Å². The lowest BCUT2D eigenvalue weighted by Crippen LogP contribution is -2.36. The number of nitrogens with one attached hydrogen (secondary N) is 1. The molecule has 0 aromatic carbocycles. The fraction of sp³-hybridized carbons (Fsp3) is 0.700. The summed E-state index contributed by atoms with van der Waals surface area (Å²) in [7, 11) is 0. The molecule has 1 amide bonds. The number of nitrogens with zero attached hydrogens (tertiary/aromatic N) is 3. The maximum Gasteiger partial charge on any atom is 0.242 e. The van der Waals surface area contributed by atoms with Crippen molar-refractivity contribution in [2.45, 2.75) is 45.5 Å². The van der Waals surface area contributed by atoms with Gasteiger partial charge in [0.1, 0.15) is 6.54 Å². The molecule has 17 heavy (non-hydrogen) atoms. The fourth-order valence-corrected chi connectivity index (χ4v) is 1.55. The number of rotatable bonds is 6. The van der Waals surface area contributed by atoms with Crippen molar-refractivity contribution in [1.29, 1.82) is 0 Å². The van der Waals surface area contributed by atoms with E-state index in [1.807, 2.05) is 6.92 Å². The minimum Gasteiger partial charge on any atom is -0.393 e. The van der Waals surface area contributed by atoms with Gasteiger partial charge in [-0.25, -0.2) is 4.68 Å². The summed E-state index contributed by atoms with van der Waals surface area (Å²) in [6.45, 7) is 3.95. The minimum atomic E-state index is -0.430. The SMILES string of the molecule is CC(O)CC(C)NC(=O)Cn1cc(CN)nn1. The molecule has 0 saturated carbocycles. The third-order valence-electron chi connectivity index (χ3n) is 2.20. The summed E-state index contributed by atoms with van der Waals surface area (Å²) in [6, 6.07) is -0.0694. The van der Waals surface area contributed by atoms with Gasteiger partial charge >= 0.3 is 0 Å². The first-order valence-corrected chi connectivity index (χ1v) is 5.57. The van der Waals surface area contributed by atoms with Crippen molar-refractivity contribution in [2.24, 2.45) is 5.73 Å². The van der Waals surface area contributed by atoms with Crippen LogP contribution in [0.5, 0.6) is 0 Å². The molecule has 1 heterocycles. The predicted molar refractivity (Wildman–Crippen MR) is 61.8 cm³/mol. The third-order valence-corrected chi connectivity index (χ3v) is 2.20. The van der Waals surface area contributed by atoms with Gasteiger partial charge in [0.2, 0.25) is 5.91 Å². The van der Waals surface area contributed by atoms with Crippen LogP contribution < -0.4 is 11.1 Å². The van der Waals surface area contributed by atoms with Crippen LogP contribution in [0.2, 0.25) is 0 Å². The lowest BCUT2D eigenvalue weighted by molar-refractivity contribution is -0.122. The first kappa shape index (κ1) is 13.6. The highest BCUT2D eigenvalue weighted by Crippen LogP contribution is 1.97. The second-order valence-electron chi connectivity index (χ2n) is 4.16. The molecule has 0 spiro atoms. The molecule has 96 valence electrons. The Kier molecular flexibility index (Phi) is 5.05. The Morgan fingerprint density at radius 1 is 1.65 bits per heavy atom. The van der Waals surface area contributed by atoms with Gasteiger partial charge in [0.25, 0.3) is 0 Å². The average Bonchev–Trinajstić information content (AvgIpc) is 2.63. The van der Waals surface area contributed by atoms with E-state index in [-0.39, 0.29) is 18.5 Å². The van der Waals surface area contributed by atoms with Crippen LogP contribution in [0, 0.1) is 0 Å². The Balaban J connectivity index is 2.38. The third kappa shape index (κ3) is 4.92. The molecule has 4 N–H and O–H groups in total. The lowest BCUT2D eigenvalue weighted by atomic mass is 10.1. The van der Waals surface area contributed by atoms with E-state index in [1.165, 1.54) is 4.68 Å². The highest BCUT2D eigenvalue weighted by molar-refractivity contribution is 5.75. The number of aliphatic hydroxyl groups excluding tert-OH is 1. The molecule has 0 bridgehead atoms. The molecule has 2 atom stereocenters. The molecule has 2 unspecified atom stereocenters. The van der Waals surface area contributed by atoms with E-state index in [0.717, 1.165) is 0 Å². The van der Waals surface area contributed by atoms with Gasteiger partial charge in [-0.2, -0.15) is 0 Å². The maximum absolute atomic E-state index is 11.6. The van der Waals surface area contributed by atoms with Crippen LogP contribution in [0.4, 0.5) is 0 Å². The number of amides is 1. The van der Waals surface area contributed by atoms with Crippen LogP contribution in [0.1, 0.15) is 26.0 Å². The normalized spacial score (nSPS) is 14.4. The molecule has 0 saturated heterocycles. The van der Waals surface area contributed by atoms with Gasteiger partial charge in [-0.3, -0.25) is 4.79 Å². The zero-order valence-electron chi connectivity index (χ0n) is 10.1. The number of aliphatic hydroxyl groups is 1. The first-order chi connectivity index (χ1) is 8.01. The van der Waals surface area contributed by atoms with E-state index in [9.17, 15) is 4.79 Å². The minimum absolute atomic E-state index is 0.0694. The zero-order chi connectivity index (χ0) is 12.8. The zero-order valence-corrected chi connectivity index (χ0v) is 10.1. The average molecular weight is 241 g/mol. The molecule has 7 nitrogen and oxygen atoms in total. The molecule has 0 aliphatic heterocycles. The number of hydrogen-bond acceptors (Lipinski definition) is 5. The smallest absolute Gasteiger partial charge is 0.242 e. The fourth-order valence-electron chi connectivity index (χ4n) is 1.55. The van der Waals surface area contributed by atoms with Gasteiger partial charge in [0.05, 0.1) is 18.0 Å². The van der Waals surface area contributed by atoms with Crippen LogP contribution in [-0.2, 0) is 17.9 Å². The summed E-state index contributed by atoms with van der Waals surface area (Å²) < 4.78 is 1.44. The molecular formula is C10H19N5O2. The van der Waals surface area contributed by atoms with Gasteiger partial charge in [-0.1, -0.05) is 5.21 Å². The Morgan fingerprint density at radius 2 is 2.35 bits per heavy atom. The van der Waals surface area contributed by atoms with Crippen molar-refractivity contribution in [3.8, 4) is 0 Å². The Labute approximate surface area is 100.0 Å². The number of carbonyl (C=O) groups is 1. The molecular weight excluding hydrogens is 222 g/mol. The monoisotopic (exact) mass is 241 g/mol. The maximum atomic E-state index is 11.6. The van der Waals surface area contributed by atoms with E-state index < -0.39 is 6.10 Å². The molecule has 0 fully saturated rings. The van der Waals surface area contributed by atoms with Crippen LogP contribution in [-0.4, -0.2) is 38.2 Å². The van der Waals surface area contributed by atoms with Gasteiger partial charge < -0.3 is 16.2 Å². The second kappa shape index (κ2) is 6.31. The summed E-state index contributed by atoms with van der Waals surface area (Å²) in [5.41, 5.74) is 6.03. The summed E-state index contributed by atoms with van der Waals surface area (Å²) in [5.74, 6) is -0.161. The van der Waals surface area contributed by atoms with Gasteiger partial charge in [-0.05, 0) is 20.3 Å². The highest BCUT2D eigenvalue weighted by atomic mass is 16.3. The van der Waals surface area contributed by atoms with E-state index in [1.54, 1.807) is 13.1 Å². The first-order valence-electron chi connectivity index (χ1n) is 5.57. The van der Waals surface area contributed by atoms with Crippen molar-refractivity contribution in [2.75, 3.05) is 0 Å². The number of hydrogen-bond donors (Lipinski definition) is 3. The number of aromatic nitrogens is 3. The second-order valence-corrected chi connectivity index (χ2v) is 4.16. The summed E-state index contributed by atoms with van der Waals surface area (Å²) in [4.78, 5) is 11.6. The summed E-state index contributed by atoms with van der Waals surface area (Å²) in [6.07, 6.45) is 1.73. The standard InChI is InChI=1S/C10H19N5O2/c1-7(3-8(2)16)12-10(17)6-15-5-9(4-11)13-14-15/h5,7-8,16H,3-4,6,11H2,1-2H3,(H,12,17). The van der Waals surface area contributed by atoms with Gasteiger partial charge in [-0.15, -0.1) is 5.10 Å². The lowest BCUT2D eigenvalue weighted by Gasteiger charge is -2.15. The van der Waals surface area contributed by atoms with Crippen molar-refractivity contribution in [3.05, 3.63) is 11.9 Å². The molecule has 0 aliphatic carbocycles. The van der Waals surface area contributed by atoms with Crippen molar-refractivity contribution < 1.29 is 9.90 Å². The highest BCUT2D eigenvalue weighted by Gasteiger charge is 2.11. The van der Waals surface area contributed by atoms with E-state index in [0.29, 0.717) is 18.7 Å². The molecule has 1 aromatic heterocycles. The molecule has 0 radical (unpaired) electrons. The topological polar surface area (TPSA) is 106 Å². The Morgan fingerprint density at radius 3 is 2.88 bits per heavy atom.